The normalized spacial score (nSPS) is 15.6. The number of hydrogen-bond acceptors (Lipinski definition) is 4. The monoisotopic (exact) mass is 490 g/mol. The predicted octanol–water partition coefficient (Wildman–Crippen LogP) is 5.51. The molecular formula is C29H38N4O3. The number of carbonyl (C=O) groups is 2. The minimum atomic E-state index is -0.848. The Bertz CT molecular complexity index is 1240. The van der Waals surface area contributed by atoms with E-state index in [9.17, 15) is 14.7 Å². The van der Waals surface area contributed by atoms with Gasteiger partial charge in [-0.15, -0.1) is 5.10 Å². The average Bonchev–Trinajstić information content (AvgIpc) is 3.03. The first-order valence-electron chi connectivity index (χ1n) is 13.1. The van der Waals surface area contributed by atoms with Gasteiger partial charge in [0, 0.05) is 33.0 Å². The molecule has 0 aliphatic heterocycles. The summed E-state index contributed by atoms with van der Waals surface area (Å²) >= 11 is 0. The summed E-state index contributed by atoms with van der Waals surface area (Å²) in [6.07, 6.45) is 7.44. The van der Waals surface area contributed by atoms with Crippen LogP contribution < -0.4 is 0 Å². The second kappa shape index (κ2) is 11.2. The van der Waals surface area contributed by atoms with Crippen LogP contribution in [-0.2, 0) is 23.2 Å². The topological polar surface area (TPSA) is 88.3 Å². The summed E-state index contributed by atoms with van der Waals surface area (Å²) in [6, 6.07) is 10.1. The van der Waals surface area contributed by atoms with Crippen LogP contribution >= 0.6 is 0 Å². The summed E-state index contributed by atoms with van der Waals surface area (Å²) in [5.41, 5.74) is 6.75. The first-order chi connectivity index (χ1) is 17.2. The number of rotatable bonds is 8. The second-order valence-corrected chi connectivity index (χ2v) is 10.5. The lowest BCUT2D eigenvalue weighted by molar-refractivity contribution is -0.137. The summed E-state index contributed by atoms with van der Waals surface area (Å²) < 4.78 is 1.73. The Hall–Kier alpha value is -3.22. The maximum absolute atomic E-state index is 12.6. The molecule has 1 fully saturated rings. The molecule has 7 heteroatoms. The van der Waals surface area contributed by atoms with Crippen LogP contribution in [0.4, 0.5) is 0 Å². The number of carboxylic acids is 1. The first-order valence-corrected chi connectivity index (χ1v) is 13.1. The van der Waals surface area contributed by atoms with Crippen molar-refractivity contribution in [1.29, 1.82) is 0 Å². The molecule has 1 aromatic heterocycles. The molecule has 192 valence electrons. The Morgan fingerprint density at radius 1 is 1.11 bits per heavy atom. The van der Waals surface area contributed by atoms with Crippen LogP contribution in [0.1, 0.15) is 85.6 Å². The first kappa shape index (κ1) is 25.9. The molecule has 0 bridgehead atoms. The summed E-state index contributed by atoms with van der Waals surface area (Å²) in [5.74, 6) is -0.517. The molecule has 1 unspecified atom stereocenters. The van der Waals surface area contributed by atoms with E-state index in [4.69, 9.17) is 0 Å². The highest BCUT2D eigenvalue weighted by Crippen LogP contribution is 2.34. The third-order valence-electron chi connectivity index (χ3n) is 7.87. The molecule has 4 rings (SSSR count). The molecule has 3 aromatic rings. The van der Waals surface area contributed by atoms with Crippen LogP contribution in [0.5, 0.6) is 0 Å². The quantitative estimate of drug-likeness (QED) is 0.421. The number of hydrogen-bond donors (Lipinski definition) is 1. The van der Waals surface area contributed by atoms with E-state index >= 15 is 0 Å². The largest absolute Gasteiger partial charge is 0.481 e. The van der Waals surface area contributed by atoms with Gasteiger partial charge in [0.25, 0.3) is 0 Å². The van der Waals surface area contributed by atoms with Crippen molar-refractivity contribution in [2.45, 2.75) is 78.2 Å². The summed E-state index contributed by atoms with van der Waals surface area (Å²) in [6.45, 7) is 7.04. The highest BCUT2D eigenvalue weighted by molar-refractivity contribution is 5.80. The lowest BCUT2D eigenvalue weighted by atomic mass is 9.84. The summed E-state index contributed by atoms with van der Waals surface area (Å²) in [4.78, 5) is 26.5. The van der Waals surface area contributed by atoms with Crippen molar-refractivity contribution in [3.8, 4) is 0 Å². The Morgan fingerprint density at radius 2 is 1.83 bits per heavy atom. The number of aliphatic carboxylic acids is 1. The number of benzene rings is 2. The minimum absolute atomic E-state index is 0.0202. The molecule has 1 aliphatic carbocycles. The van der Waals surface area contributed by atoms with Gasteiger partial charge in [0.1, 0.15) is 5.52 Å². The maximum atomic E-state index is 12.6. The van der Waals surface area contributed by atoms with E-state index in [1.165, 1.54) is 38.5 Å². The minimum Gasteiger partial charge on any atom is -0.481 e. The zero-order valence-corrected chi connectivity index (χ0v) is 22.0. The second-order valence-electron chi connectivity index (χ2n) is 10.5. The van der Waals surface area contributed by atoms with Gasteiger partial charge in [-0.1, -0.05) is 55.2 Å². The van der Waals surface area contributed by atoms with Gasteiger partial charge in [0.2, 0.25) is 5.91 Å². The third kappa shape index (κ3) is 5.77. The number of aromatic nitrogens is 3. The molecule has 0 spiro atoms. The van der Waals surface area contributed by atoms with E-state index in [0.717, 1.165) is 45.4 Å². The van der Waals surface area contributed by atoms with Crippen LogP contribution in [-0.4, -0.2) is 43.4 Å². The molecule has 1 aliphatic rings. The van der Waals surface area contributed by atoms with Crippen molar-refractivity contribution < 1.29 is 14.7 Å². The van der Waals surface area contributed by atoms with Gasteiger partial charge in [0.15, 0.2) is 0 Å². The number of fused-ring (bicyclic) bond motifs is 1. The molecule has 7 nitrogen and oxygen atoms in total. The molecule has 1 atom stereocenters. The molecule has 1 N–H and O–H groups in total. The van der Waals surface area contributed by atoms with Crippen molar-refractivity contribution in [3.05, 3.63) is 58.1 Å². The van der Waals surface area contributed by atoms with Crippen molar-refractivity contribution in [1.82, 2.24) is 19.9 Å². The zero-order chi connectivity index (χ0) is 25.8. The van der Waals surface area contributed by atoms with Crippen LogP contribution in [0.25, 0.3) is 11.0 Å². The smallest absolute Gasteiger partial charge is 0.304 e. The van der Waals surface area contributed by atoms with E-state index in [0.29, 0.717) is 12.5 Å². The standard InChI is InChI=1S/C29H38N4O3/c1-19-11-12-23(15-24(19)18-33(21(3)34)17-22-9-7-5-6-8-10-22)26(16-28(35)36)25-13-14-27-29(20(25)2)30-31-32(27)4/h11-15,22,26H,5-10,16-18H2,1-4H3,(H,35,36). The van der Waals surface area contributed by atoms with Gasteiger partial charge in [-0.2, -0.15) is 0 Å². The number of amides is 1. The Kier molecular flexibility index (Phi) is 8.07. The van der Waals surface area contributed by atoms with E-state index in [1.807, 2.05) is 37.1 Å². The molecule has 1 amide bonds. The molecule has 0 saturated heterocycles. The Morgan fingerprint density at radius 3 is 2.50 bits per heavy atom. The predicted molar refractivity (Wildman–Crippen MR) is 141 cm³/mol. The Labute approximate surface area is 213 Å². The molecule has 36 heavy (non-hydrogen) atoms. The summed E-state index contributed by atoms with van der Waals surface area (Å²) in [5, 5.41) is 18.2. The maximum Gasteiger partial charge on any atom is 0.304 e. The van der Waals surface area contributed by atoms with E-state index in [2.05, 4.69) is 29.4 Å². The number of nitrogens with zero attached hydrogens (tertiary/aromatic N) is 4. The lowest BCUT2D eigenvalue weighted by Crippen LogP contribution is -2.33. The highest BCUT2D eigenvalue weighted by Gasteiger charge is 2.24. The SMILES string of the molecule is CC(=O)N(Cc1cc(C(CC(=O)O)c2ccc3c(nnn3C)c2C)ccc1C)CC1CCCCCC1. The molecule has 0 radical (unpaired) electrons. The van der Waals surface area contributed by atoms with Crippen molar-refractivity contribution in [3.63, 3.8) is 0 Å². The Balaban J connectivity index is 1.66. The van der Waals surface area contributed by atoms with E-state index in [-0.39, 0.29) is 18.2 Å². The van der Waals surface area contributed by atoms with Crippen LogP contribution in [0, 0.1) is 19.8 Å². The van der Waals surface area contributed by atoms with E-state index in [1.54, 1.807) is 11.6 Å². The molecule has 1 heterocycles. The van der Waals surface area contributed by atoms with Crippen LogP contribution in [0.3, 0.4) is 0 Å². The van der Waals surface area contributed by atoms with Crippen LogP contribution in [0.15, 0.2) is 30.3 Å². The zero-order valence-electron chi connectivity index (χ0n) is 22.0. The number of carboxylic acid groups (broad SMARTS) is 1. The van der Waals surface area contributed by atoms with Gasteiger partial charge in [-0.05, 0) is 66.5 Å². The summed E-state index contributed by atoms with van der Waals surface area (Å²) in [7, 11) is 1.85. The van der Waals surface area contributed by atoms with Crippen molar-refractivity contribution >= 4 is 22.9 Å². The number of aryl methyl sites for hydroxylation is 3. The molecule has 1 saturated carbocycles. The van der Waals surface area contributed by atoms with Gasteiger partial charge in [0.05, 0.1) is 11.9 Å². The van der Waals surface area contributed by atoms with Crippen LogP contribution in [0.2, 0.25) is 0 Å². The fraction of sp³-hybridized carbons (Fsp3) is 0.517. The van der Waals surface area contributed by atoms with E-state index < -0.39 is 5.97 Å². The fourth-order valence-corrected chi connectivity index (χ4v) is 5.66. The molecular weight excluding hydrogens is 452 g/mol. The average molecular weight is 491 g/mol. The number of carbonyl (C=O) groups excluding carboxylic acids is 1. The third-order valence-corrected chi connectivity index (χ3v) is 7.87. The van der Waals surface area contributed by atoms with Gasteiger partial charge >= 0.3 is 5.97 Å². The van der Waals surface area contributed by atoms with Crippen molar-refractivity contribution in [2.24, 2.45) is 13.0 Å². The molecule has 2 aromatic carbocycles. The van der Waals surface area contributed by atoms with Gasteiger partial charge in [-0.3, -0.25) is 9.59 Å². The van der Waals surface area contributed by atoms with Gasteiger partial charge < -0.3 is 10.0 Å². The lowest BCUT2D eigenvalue weighted by Gasteiger charge is -2.28. The van der Waals surface area contributed by atoms with Gasteiger partial charge in [-0.25, -0.2) is 4.68 Å². The van der Waals surface area contributed by atoms with Crippen molar-refractivity contribution in [2.75, 3.05) is 6.54 Å². The highest BCUT2D eigenvalue weighted by atomic mass is 16.4. The fourth-order valence-electron chi connectivity index (χ4n) is 5.66.